The van der Waals surface area contributed by atoms with Crippen molar-refractivity contribution in [3.05, 3.63) is 121 Å². The van der Waals surface area contributed by atoms with Crippen molar-refractivity contribution in [1.29, 1.82) is 0 Å². The van der Waals surface area contributed by atoms with Gasteiger partial charge in [-0.05, 0) is 30.3 Å². The first-order valence-corrected chi connectivity index (χ1v) is 12.6. The van der Waals surface area contributed by atoms with Crippen LogP contribution >= 0.6 is 0 Å². The van der Waals surface area contributed by atoms with E-state index in [4.69, 9.17) is 19.9 Å². The van der Waals surface area contributed by atoms with Crippen molar-refractivity contribution in [1.82, 2.24) is 24.5 Å². The number of hydrogen-bond donors (Lipinski definition) is 0. The monoisotopic (exact) mass is 487 g/mol. The van der Waals surface area contributed by atoms with Crippen molar-refractivity contribution in [3.8, 4) is 39.9 Å². The summed E-state index contributed by atoms with van der Waals surface area (Å²) in [7, 11) is 2.12. The summed E-state index contributed by atoms with van der Waals surface area (Å²) in [5, 5.41) is 2.31. The van der Waals surface area contributed by atoms with E-state index in [-0.39, 0.29) is 0 Å². The zero-order valence-corrected chi connectivity index (χ0v) is 20.8. The van der Waals surface area contributed by atoms with Crippen LogP contribution in [0.15, 0.2) is 121 Å². The fourth-order valence-electron chi connectivity index (χ4n) is 4.94. The van der Waals surface area contributed by atoms with E-state index in [1.54, 1.807) is 0 Å². The normalized spacial score (nSPS) is 11.3. The van der Waals surface area contributed by atoms with Crippen LogP contribution in [0.5, 0.6) is 0 Å². The Morgan fingerprint density at radius 1 is 0.526 bits per heavy atom. The highest BCUT2D eigenvalue weighted by Crippen LogP contribution is 2.32. The second kappa shape index (κ2) is 9.09. The molecular formula is C32H22BN5. The number of rotatable bonds is 4. The quantitative estimate of drug-likeness (QED) is 0.303. The molecule has 0 spiro atoms. The molecule has 3 aromatic heterocycles. The molecule has 7 rings (SSSR count). The topological polar surface area (TPSA) is 56.5 Å². The lowest BCUT2D eigenvalue weighted by Gasteiger charge is -2.11. The molecule has 38 heavy (non-hydrogen) atoms. The van der Waals surface area contributed by atoms with Gasteiger partial charge in [-0.25, -0.2) is 19.9 Å². The highest BCUT2D eigenvalue weighted by molar-refractivity contribution is 6.33. The lowest BCUT2D eigenvalue weighted by atomic mass is 9.95. The average Bonchev–Trinajstić information content (AvgIpc) is 3.31. The molecule has 6 heteroatoms. The largest absolute Gasteiger partial charge is 0.294 e. The van der Waals surface area contributed by atoms with Crippen LogP contribution in [0.2, 0.25) is 0 Å². The molecule has 0 bridgehead atoms. The van der Waals surface area contributed by atoms with Crippen molar-refractivity contribution in [3.63, 3.8) is 0 Å². The Morgan fingerprint density at radius 2 is 1.16 bits per heavy atom. The SMILES string of the molecule is Bc1ccc2c3cccnc3n(-c3cccc(-c4nc(-c5ccccc5)nc(-c5ccccc5)n4)c3)c2c1. The van der Waals surface area contributed by atoms with Gasteiger partial charge in [0.05, 0.1) is 5.52 Å². The molecule has 3 heterocycles. The van der Waals surface area contributed by atoms with Gasteiger partial charge in [0.2, 0.25) is 0 Å². The van der Waals surface area contributed by atoms with Gasteiger partial charge < -0.3 is 0 Å². The molecular weight excluding hydrogens is 465 g/mol. The van der Waals surface area contributed by atoms with Crippen LogP contribution < -0.4 is 5.46 Å². The highest BCUT2D eigenvalue weighted by Gasteiger charge is 2.16. The maximum absolute atomic E-state index is 4.91. The van der Waals surface area contributed by atoms with Gasteiger partial charge in [0.15, 0.2) is 17.5 Å². The third-order valence-corrected chi connectivity index (χ3v) is 6.74. The summed E-state index contributed by atoms with van der Waals surface area (Å²) >= 11 is 0. The van der Waals surface area contributed by atoms with E-state index in [1.807, 2.05) is 72.9 Å². The molecule has 0 atom stereocenters. The molecule has 0 saturated heterocycles. The summed E-state index contributed by atoms with van der Waals surface area (Å²) in [5.74, 6) is 1.92. The maximum atomic E-state index is 4.91. The standard InChI is InChI=1S/C32H22BN5/c33-24-16-17-26-27-15-8-18-34-32(27)38(28(26)20-24)25-14-7-13-23(19-25)31-36-29(21-9-3-1-4-10-21)35-30(37-31)22-11-5-2-6-12-22/h1-20H,33H2. The smallest absolute Gasteiger partial charge is 0.164 e. The van der Waals surface area contributed by atoms with E-state index in [0.717, 1.165) is 38.9 Å². The Hall–Kier alpha value is -5.10. The third-order valence-electron chi connectivity index (χ3n) is 6.74. The van der Waals surface area contributed by atoms with Crippen molar-refractivity contribution in [2.45, 2.75) is 0 Å². The van der Waals surface area contributed by atoms with E-state index < -0.39 is 0 Å². The van der Waals surface area contributed by atoms with Gasteiger partial charge in [-0.3, -0.25) is 4.57 Å². The number of nitrogens with zero attached hydrogens (tertiary/aromatic N) is 5. The molecule has 0 saturated carbocycles. The van der Waals surface area contributed by atoms with Crippen molar-refractivity contribution < 1.29 is 0 Å². The van der Waals surface area contributed by atoms with Crippen LogP contribution in [-0.2, 0) is 0 Å². The van der Waals surface area contributed by atoms with E-state index in [0.29, 0.717) is 17.5 Å². The van der Waals surface area contributed by atoms with Gasteiger partial charge in [0.1, 0.15) is 13.5 Å². The first-order valence-electron chi connectivity index (χ1n) is 12.6. The lowest BCUT2D eigenvalue weighted by Crippen LogP contribution is -2.03. The predicted molar refractivity (Wildman–Crippen MR) is 156 cm³/mol. The molecule has 0 aliphatic rings. The number of hydrogen-bond acceptors (Lipinski definition) is 4. The van der Waals surface area contributed by atoms with Gasteiger partial charge in [0, 0.05) is 39.3 Å². The molecule has 0 radical (unpaired) electrons. The molecule has 5 nitrogen and oxygen atoms in total. The zero-order valence-electron chi connectivity index (χ0n) is 20.8. The first-order chi connectivity index (χ1) is 18.7. The number of benzene rings is 4. The summed E-state index contributed by atoms with van der Waals surface area (Å²) < 4.78 is 2.22. The lowest BCUT2D eigenvalue weighted by molar-refractivity contribution is 1.07. The minimum Gasteiger partial charge on any atom is -0.294 e. The fraction of sp³-hybridized carbons (Fsp3) is 0. The second-order valence-corrected chi connectivity index (χ2v) is 9.32. The van der Waals surface area contributed by atoms with Crippen LogP contribution in [0.4, 0.5) is 0 Å². The summed E-state index contributed by atoms with van der Waals surface area (Å²) in [6.07, 6.45) is 1.85. The first kappa shape index (κ1) is 22.1. The summed E-state index contributed by atoms with van der Waals surface area (Å²) in [4.78, 5) is 19.4. The van der Waals surface area contributed by atoms with Crippen molar-refractivity contribution in [2.75, 3.05) is 0 Å². The Bertz CT molecular complexity index is 1870. The van der Waals surface area contributed by atoms with E-state index in [1.165, 1.54) is 10.8 Å². The second-order valence-electron chi connectivity index (χ2n) is 9.32. The van der Waals surface area contributed by atoms with Gasteiger partial charge in [-0.2, -0.15) is 0 Å². The average molecular weight is 487 g/mol. The Labute approximate surface area is 220 Å². The van der Waals surface area contributed by atoms with E-state index >= 15 is 0 Å². The highest BCUT2D eigenvalue weighted by atomic mass is 15.1. The van der Waals surface area contributed by atoms with Gasteiger partial charge >= 0.3 is 0 Å². The van der Waals surface area contributed by atoms with Gasteiger partial charge in [-0.1, -0.05) is 90.4 Å². The molecule has 0 aliphatic heterocycles. The molecule has 0 aliphatic carbocycles. The predicted octanol–water partition coefficient (Wildman–Crippen LogP) is 5.62. The summed E-state index contributed by atoms with van der Waals surface area (Å²) in [6.45, 7) is 0. The van der Waals surface area contributed by atoms with Crippen molar-refractivity contribution >= 4 is 35.2 Å². The Morgan fingerprint density at radius 3 is 1.84 bits per heavy atom. The Kier molecular flexibility index (Phi) is 5.29. The van der Waals surface area contributed by atoms with E-state index in [2.05, 4.69) is 60.9 Å². The van der Waals surface area contributed by atoms with Crippen molar-refractivity contribution in [2.24, 2.45) is 0 Å². The number of aromatic nitrogens is 5. The summed E-state index contributed by atoms with van der Waals surface area (Å²) in [6, 6.07) is 39.1. The molecule has 0 unspecified atom stereocenters. The van der Waals surface area contributed by atoms with Crippen LogP contribution in [0.3, 0.4) is 0 Å². The molecule has 178 valence electrons. The van der Waals surface area contributed by atoms with Crippen LogP contribution in [0, 0.1) is 0 Å². The molecule has 7 aromatic rings. The van der Waals surface area contributed by atoms with Gasteiger partial charge in [-0.15, -0.1) is 0 Å². The molecule has 4 aromatic carbocycles. The van der Waals surface area contributed by atoms with Crippen LogP contribution in [0.1, 0.15) is 0 Å². The molecule has 0 fully saturated rings. The molecule has 0 amide bonds. The maximum Gasteiger partial charge on any atom is 0.164 e. The molecule has 0 N–H and O–H groups in total. The number of fused-ring (bicyclic) bond motifs is 3. The van der Waals surface area contributed by atoms with Crippen LogP contribution in [0.25, 0.3) is 61.8 Å². The minimum atomic E-state index is 0.629. The Balaban J connectivity index is 1.44. The third kappa shape index (κ3) is 3.83. The number of pyridine rings is 1. The summed E-state index contributed by atoms with van der Waals surface area (Å²) in [5.41, 5.74) is 7.08. The van der Waals surface area contributed by atoms with Gasteiger partial charge in [0.25, 0.3) is 0 Å². The van der Waals surface area contributed by atoms with Crippen LogP contribution in [-0.4, -0.2) is 32.3 Å². The fourth-order valence-corrected chi connectivity index (χ4v) is 4.94. The zero-order chi connectivity index (χ0) is 25.5. The minimum absolute atomic E-state index is 0.629. The van der Waals surface area contributed by atoms with E-state index in [9.17, 15) is 0 Å².